The number of azo groups is 1. The van der Waals surface area contributed by atoms with Crippen LogP contribution < -0.4 is 4.74 Å². The van der Waals surface area contributed by atoms with Crippen molar-refractivity contribution in [3.63, 3.8) is 0 Å². The fourth-order valence-electron chi connectivity index (χ4n) is 1.76. The predicted molar refractivity (Wildman–Crippen MR) is 84.1 cm³/mol. The summed E-state index contributed by atoms with van der Waals surface area (Å²) < 4.78 is 5.27. The molecule has 2 heterocycles. The van der Waals surface area contributed by atoms with Gasteiger partial charge in [0.05, 0.1) is 16.9 Å². The summed E-state index contributed by atoms with van der Waals surface area (Å²) in [7, 11) is 0. The van der Waals surface area contributed by atoms with E-state index >= 15 is 0 Å². The van der Waals surface area contributed by atoms with Crippen molar-refractivity contribution in [3.05, 3.63) is 78.9 Å². The van der Waals surface area contributed by atoms with Gasteiger partial charge in [0.15, 0.2) is 0 Å². The fraction of sp³-hybridized carbons (Fsp3) is 0. The number of carbonyl (C=O) groups excluding carboxylic acids is 1. The zero-order valence-electron chi connectivity index (χ0n) is 12.0. The molecule has 0 radical (unpaired) electrons. The maximum atomic E-state index is 11.9. The van der Waals surface area contributed by atoms with Gasteiger partial charge in [-0.15, -0.1) is 0 Å². The maximum Gasteiger partial charge on any atom is 0.343 e. The number of esters is 1. The third-order valence-electron chi connectivity index (χ3n) is 2.91. The van der Waals surface area contributed by atoms with Crippen LogP contribution >= 0.6 is 0 Å². The number of nitrogens with zero attached hydrogens (tertiary/aromatic N) is 4. The van der Waals surface area contributed by atoms with Crippen molar-refractivity contribution in [1.82, 2.24) is 9.97 Å². The second-order valence-electron chi connectivity index (χ2n) is 4.52. The monoisotopic (exact) mass is 304 g/mol. The predicted octanol–water partition coefficient (Wildman–Crippen LogP) is 4.11. The van der Waals surface area contributed by atoms with E-state index in [1.165, 1.54) is 0 Å². The number of hydrogen-bond donors (Lipinski definition) is 0. The highest BCUT2D eigenvalue weighted by Gasteiger charge is 2.07. The molecule has 0 aliphatic carbocycles. The minimum atomic E-state index is -0.432. The Balaban J connectivity index is 1.65. The van der Waals surface area contributed by atoms with E-state index in [2.05, 4.69) is 20.2 Å². The molecule has 0 amide bonds. The number of aromatic nitrogens is 2. The highest BCUT2D eigenvalue weighted by atomic mass is 16.5. The van der Waals surface area contributed by atoms with Gasteiger partial charge in [-0.3, -0.25) is 9.97 Å². The van der Waals surface area contributed by atoms with Crippen LogP contribution in [-0.2, 0) is 0 Å². The molecule has 0 fully saturated rings. The molecule has 0 N–H and O–H groups in total. The topological polar surface area (TPSA) is 76.8 Å². The normalized spacial score (nSPS) is 10.6. The largest absolute Gasteiger partial charge is 0.423 e. The summed E-state index contributed by atoms with van der Waals surface area (Å²) in [5.41, 5.74) is 1.82. The van der Waals surface area contributed by atoms with Crippen LogP contribution in [-0.4, -0.2) is 15.9 Å². The highest BCUT2D eigenvalue weighted by molar-refractivity contribution is 5.90. The maximum absolute atomic E-state index is 11.9. The van der Waals surface area contributed by atoms with Crippen molar-refractivity contribution < 1.29 is 9.53 Å². The van der Waals surface area contributed by atoms with Gasteiger partial charge < -0.3 is 4.74 Å². The van der Waals surface area contributed by atoms with Gasteiger partial charge in [0.1, 0.15) is 5.75 Å². The van der Waals surface area contributed by atoms with Gasteiger partial charge in [-0.1, -0.05) is 0 Å². The van der Waals surface area contributed by atoms with Crippen LogP contribution in [0, 0.1) is 0 Å². The first kappa shape index (κ1) is 14.5. The van der Waals surface area contributed by atoms with Crippen LogP contribution in [0.1, 0.15) is 10.4 Å². The Bertz CT molecular complexity index is 803. The van der Waals surface area contributed by atoms with Crippen LogP contribution in [0.25, 0.3) is 0 Å². The fourth-order valence-corrected chi connectivity index (χ4v) is 1.76. The van der Waals surface area contributed by atoms with Crippen LogP contribution in [0.15, 0.2) is 83.5 Å². The van der Waals surface area contributed by atoms with Gasteiger partial charge in [-0.2, -0.15) is 10.2 Å². The molecule has 0 bridgehead atoms. The van der Waals surface area contributed by atoms with E-state index in [1.54, 1.807) is 73.3 Å². The van der Waals surface area contributed by atoms with E-state index in [4.69, 9.17) is 4.74 Å². The minimum absolute atomic E-state index is 0.432. The summed E-state index contributed by atoms with van der Waals surface area (Å²) >= 11 is 0. The molecule has 0 saturated heterocycles. The molecule has 0 atom stereocenters. The Morgan fingerprint density at radius 2 is 1.26 bits per heavy atom. The van der Waals surface area contributed by atoms with Gasteiger partial charge in [0.25, 0.3) is 0 Å². The molecule has 23 heavy (non-hydrogen) atoms. The van der Waals surface area contributed by atoms with Crippen molar-refractivity contribution in [1.29, 1.82) is 0 Å². The smallest absolute Gasteiger partial charge is 0.343 e. The standard InChI is InChI=1S/C17H12N4O2/c22-17(13-5-9-18-10-6-13)23-16-3-1-14(2-4-16)20-21-15-7-11-19-12-8-15/h1-12H. The second kappa shape index (κ2) is 7.04. The van der Waals surface area contributed by atoms with Crippen LogP contribution in [0.2, 0.25) is 0 Å². The number of benzene rings is 1. The van der Waals surface area contributed by atoms with E-state index in [-0.39, 0.29) is 0 Å². The first-order valence-electron chi connectivity index (χ1n) is 6.85. The summed E-state index contributed by atoms with van der Waals surface area (Å²) in [4.78, 5) is 19.7. The Hall–Kier alpha value is -3.41. The lowest BCUT2D eigenvalue weighted by molar-refractivity contribution is 0.0734. The van der Waals surface area contributed by atoms with Crippen molar-refractivity contribution in [3.8, 4) is 5.75 Å². The van der Waals surface area contributed by atoms with E-state index in [9.17, 15) is 4.79 Å². The third-order valence-corrected chi connectivity index (χ3v) is 2.91. The Morgan fingerprint density at radius 3 is 1.87 bits per heavy atom. The number of rotatable bonds is 4. The van der Waals surface area contributed by atoms with Gasteiger partial charge in [-0.05, 0) is 48.5 Å². The van der Waals surface area contributed by atoms with Crippen molar-refractivity contribution >= 4 is 17.3 Å². The van der Waals surface area contributed by atoms with E-state index < -0.39 is 5.97 Å². The zero-order chi connectivity index (χ0) is 15.9. The minimum Gasteiger partial charge on any atom is -0.423 e. The zero-order valence-corrected chi connectivity index (χ0v) is 12.0. The Labute approximate surface area is 132 Å². The molecule has 0 aliphatic rings. The number of carbonyl (C=O) groups is 1. The lowest BCUT2D eigenvalue weighted by Gasteiger charge is -2.03. The average molecular weight is 304 g/mol. The van der Waals surface area contributed by atoms with Crippen LogP contribution in [0.5, 0.6) is 5.75 Å². The molecule has 0 unspecified atom stereocenters. The summed E-state index contributed by atoms with van der Waals surface area (Å²) in [6.07, 6.45) is 6.38. The average Bonchev–Trinajstić information content (AvgIpc) is 2.63. The highest BCUT2D eigenvalue weighted by Crippen LogP contribution is 2.21. The van der Waals surface area contributed by atoms with E-state index in [0.717, 1.165) is 0 Å². The third kappa shape index (κ3) is 4.04. The quantitative estimate of drug-likeness (QED) is 0.413. The molecule has 1 aromatic carbocycles. The van der Waals surface area contributed by atoms with Crippen LogP contribution in [0.3, 0.4) is 0 Å². The van der Waals surface area contributed by atoms with Gasteiger partial charge in [0, 0.05) is 24.8 Å². The second-order valence-corrected chi connectivity index (χ2v) is 4.52. The summed E-state index contributed by atoms with van der Waals surface area (Å²) in [5.74, 6) is 0.00763. The van der Waals surface area contributed by atoms with Crippen LogP contribution in [0.4, 0.5) is 11.4 Å². The first-order chi connectivity index (χ1) is 11.3. The van der Waals surface area contributed by atoms with E-state index in [0.29, 0.717) is 22.7 Å². The van der Waals surface area contributed by atoms with Crippen molar-refractivity contribution in [2.45, 2.75) is 0 Å². The molecule has 6 heteroatoms. The van der Waals surface area contributed by atoms with Crippen molar-refractivity contribution in [2.75, 3.05) is 0 Å². The molecule has 3 aromatic rings. The lowest BCUT2D eigenvalue weighted by Crippen LogP contribution is -2.08. The molecule has 0 saturated carbocycles. The molecule has 112 valence electrons. The SMILES string of the molecule is O=C(Oc1ccc(N=Nc2ccncc2)cc1)c1ccncc1. The Morgan fingerprint density at radius 1 is 0.739 bits per heavy atom. The first-order valence-corrected chi connectivity index (χ1v) is 6.85. The van der Waals surface area contributed by atoms with E-state index in [1.807, 2.05) is 0 Å². The van der Waals surface area contributed by atoms with Gasteiger partial charge >= 0.3 is 5.97 Å². The molecular weight excluding hydrogens is 292 g/mol. The van der Waals surface area contributed by atoms with Crippen molar-refractivity contribution in [2.24, 2.45) is 10.2 Å². The molecule has 0 spiro atoms. The lowest BCUT2D eigenvalue weighted by atomic mass is 10.2. The Kier molecular flexibility index (Phi) is 4.44. The molecule has 0 aliphatic heterocycles. The van der Waals surface area contributed by atoms with Gasteiger partial charge in [-0.25, -0.2) is 4.79 Å². The summed E-state index contributed by atoms with van der Waals surface area (Å²) in [6.45, 7) is 0. The molecule has 3 rings (SSSR count). The molecule has 6 nitrogen and oxygen atoms in total. The summed E-state index contributed by atoms with van der Waals surface area (Å²) in [5, 5.41) is 8.19. The van der Waals surface area contributed by atoms with Gasteiger partial charge in [0.2, 0.25) is 0 Å². The summed E-state index contributed by atoms with van der Waals surface area (Å²) in [6, 6.07) is 13.5. The number of ether oxygens (including phenoxy) is 1. The number of pyridine rings is 2. The number of hydrogen-bond acceptors (Lipinski definition) is 6. The molecule has 2 aromatic heterocycles. The molecular formula is C17H12N4O2.